The number of benzene rings is 1. The molecule has 1 aromatic carbocycles. The molecule has 1 aromatic rings. The highest BCUT2D eigenvalue weighted by atomic mass is 32.2. The Balaban J connectivity index is 3.24. The summed E-state index contributed by atoms with van der Waals surface area (Å²) in [4.78, 5) is 10.2. The first-order valence-electron chi connectivity index (χ1n) is 5.11. The van der Waals surface area contributed by atoms with Crippen LogP contribution in [-0.4, -0.2) is 39.3 Å². The lowest BCUT2D eigenvalue weighted by molar-refractivity contribution is -0.120. The first kappa shape index (κ1) is 15.3. The van der Waals surface area contributed by atoms with Crippen molar-refractivity contribution in [3.8, 4) is 0 Å². The highest BCUT2D eigenvalue weighted by molar-refractivity contribution is 7.89. The lowest BCUT2D eigenvalue weighted by Crippen LogP contribution is -2.37. The fourth-order valence-corrected chi connectivity index (χ4v) is 2.54. The standard InChI is InChI=1S/C10H13F2N3O3S/c1-14-9(16)5-15(2)19(17,18)8-4-6(13)3-7(11)10(8)12/h3-4H,5,13H2,1-2H3,(H,14,16). The fourth-order valence-electron chi connectivity index (χ4n) is 1.31. The number of nitrogens with zero attached hydrogens (tertiary/aromatic N) is 1. The number of nitrogens with two attached hydrogens (primary N) is 1. The van der Waals surface area contributed by atoms with Crippen LogP contribution in [0.3, 0.4) is 0 Å². The number of hydrogen-bond donors (Lipinski definition) is 2. The molecule has 0 spiro atoms. The number of sulfonamides is 1. The minimum absolute atomic E-state index is 0.231. The summed E-state index contributed by atoms with van der Waals surface area (Å²) < 4.78 is 51.3. The van der Waals surface area contributed by atoms with Crippen molar-refractivity contribution in [3.63, 3.8) is 0 Å². The molecule has 0 aliphatic rings. The summed E-state index contributed by atoms with van der Waals surface area (Å²) in [7, 11) is -1.94. The number of amides is 1. The van der Waals surface area contributed by atoms with Crippen LogP contribution in [0.5, 0.6) is 0 Å². The molecular weight excluding hydrogens is 280 g/mol. The van der Waals surface area contributed by atoms with Crippen LogP contribution in [0, 0.1) is 11.6 Å². The molecule has 0 bridgehead atoms. The molecule has 0 aliphatic carbocycles. The van der Waals surface area contributed by atoms with Crippen molar-refractivity contribution < 1.29 is 22.0 Å². The van der Waals surface area contributed by atoms with Crippen LogP contribution in [0.2, 0.25) is 0 Å². The van der Waals surface area contributed by atoms with E-state index < -0.39 is 39.0 Å². The number of nitrogens with one attached hydrogen (secondary N) is 1. The van der Waals surface area contributed by atoms with Crippen LogP contribution in [0.1, 0.15) is 0 Å². The normalized spacial score (nSPS) is 11.6. The van der Waals surface area contributed by atoms with Crippen molar-refractivity contribution in [2.45, 2.75) is 4.90 Å². The van der Waals surface area contributed by atoms with E-state index in [4.69, 9.17) is 5.73 Å². The van der Waals surface area contributed by atoms with E-state index in [0.29, 0.717) is 10.4 Å². The number of hydrogen-bond acceptors (Lipinski definition) is 4. The molecule has 6 nitrogen and oxygen atoms in total. The van der Waals surface area contributed by atoms with Gasteiger partial charge in [0, 0.05) is 19.8 Å². The Kier molecular flexibility index (Phi) is 4.43. The van der Waals surface area contributed by atoms with Gasteiger partial charge in [-0.1, -0.05) is 0 Å². The van der Waals surface area contributed by atoms with Gasteiger partial charge in [-0.25, -0.2) is 17.2 Å². The van der Waals surface area contributed by atoms with E-state index in [0.717, 1.165) is 13.1 Å². The minimum atomic E-state index is -4.34. The molecular formula is C10H13F2N3O3S. The van der Waals surface area contributed by atoms with Crippen LogP contribution < -0.4 is 11.1 Å². The second-order valence-corrected chi connectivity index (χ2v) is 5.76. The van der Waals surface area contributed by atoms with E-state index in [1.807, 2.05) is 0 Å². The zero-order valence-corrected chi connectivity index (χ0v) is 11.1. The molecule has 9 heteroatoms. The third-order valence-electron chi connectivity index (χ3n) is 2.35. The predicted molar refractivity (Wildman–Crippen MR) is 64.7 cm³/mol. The van der Waals surface area contributed by atoms with Gasteiger partial charge in [0.25, 0.3) is 0 Å². The van der Waals surface area contributed by atoms with E-state index in [1.54, 1.807) is 0 Å². The summed E-state index contributed by atoms with van der Waals surface area (Å²) in [5, 5.41) is 2.22. The summed E-state index contributed by atoms with van der Waals surface area (Å²) in [6, 6.07) is 1.47. The minimum Gasteiger partial charge on any atom is -0.399 e. The second-order valence-electron chi connectivity index (χ2n) is 3.75. The van der Waals surface area contributed by atoms with E-state index in [9.17, 15) is 22.0 Å². The van der Waals surface area contributed by atoms with Crippen molar-refractivity contribution in [2.24, 2.45) is 0 Å². The number of carbonyl (C=O) groups excluding carboxylic acids is 1. The van der Waals surface area contributed by atoms with Gasteiger partial charge in [0.05, 0.1) is 6.54 Å². The maximum atomic E-state index is 13.5. The second kappa shape index (κ2) is 5.49. The maximum Gasteiger partial charge on any atom is 0.246 e. The highest BCUT2D eigenvalue weighted by Gasteiger charge is 2.28. The molecule has 0 radical (unpaired) electrons. The third kappa shape index (κ3) is 3.18. The number of halogens is 2. The Bertz CT molecular complexity index is 604. The molecule has 1 amide bonds. The molecule has 0 aromatic heterocycles. The third-order valence-corrected chi connectivity index (χ3v) is 4.15. The SMILES string of the molecule is CNC(=O)CN(C)S(=O)(=O)c1cc(N)cc(F)c1F. The van der Waals surface area contributed by atoms with Crippen molar-refractivity contribution in [2.75, 3.05) is 26.4 Å². The zero-order valence-electron chi connectivity index (χ0n) is 10.3. The van der Waals surface area contributed by atoms with E-state index in [2.05, 4.69) is 5.32 Å². The summed E-state index contributed by atoms with van der Waals surface area (Å²) in [5.41, 5.74) is 5.05. The largest absolute Gasteiger partial charge is 0.399 e. The molecule has 106 valence electrons. The maximum absolute atomic E-state index is 13.5. The monoisotopic (exact) mass is 293 g/mol. The molecule has 0 saturated carbocycles. The van der Waals surface area contributed by atoms with Gasteiger partial charge in [0.15, 0.2) is 11.6 Å². The lowest BCUT2D eigenvalue weighted by Gasteiger charge is -2.17. The van der Waals surface area contributed by atoms with Gasteiger partial charge in [-0.15, -0.1) is 0 Å². The van der Waals surface area contributed by atoms with Crippen LogP contribution >= 0.6 is 0 Å². The fraction of sp³-hybridized carbons (Fsp3) is 0.300. The van der Waals surface area contributed by atoms with Gasteiger partial charge in [-0.05, 0) is 12.1 Å². The van der Waals surface area contributed by atoms with E-state index >= 15 is 0 Å². The first-order valence-corrected chi connectivity index (χ1v) is 6.55. The van der Waals surface area contributed by atoms with Crippen molar-refractivity contribution >= 4 is 21.6 Å². The highest BCUT2D eigenvalue weighted by Crippen LogP contribution is 2.23. The number of likely N-dealkylation sites (N-methyl/N-ethyl adjacent to an activating group) is 2. The molecule has 19 heavy (non-hydrogen) atoms. The Labute approximate surface area is 109 Å². The van der Waals surface area contributed by atoms with E-state index in [1.165, 1.54) is 7.05 Å². The topological polar surface area (TPSA) is 92.5 Å². The van der Waals surface area contributed by atoms with Gasteiger partial charge in [-0.2, -0.15) is 4.31 Å². The smallest absolute Gasteiger partial charge is 0.246 e. The molecule has 0 heterocycles. The van der Waals surface area contributed by atoms with Crippen molar-refractivity contribution in [1.82, 2.24) is 9.62 Å². The molecule has 0 atom stereocenters. The molecule has 0 aliphatic heterocycles. The zero-order chi connectivity index (χ0) is 14.8. The Hall–Kier alpha value is -1.74. The number of carbonyl (C=O) groups is 1. The quantitative estimate of drug-likeness (QED) is 0.759. The summed E-state index contributed by atoms with van der Waals surface area (Å²) in [6.07, 6.45) is 0. The summed E-state index contributed by atoms with van der Waals surface area (Å²) >= 11 is 0. The summed E-state index contributed by atoms with van der Waals surface area (Å²) in [6.45, 7) is -0.519. The lowest BCUT2D eigenvalue weighted by atomic mass is 10.3. The predicted octanol–water partition coefficient (Wildman–Crippen LogP) is -0.0865. The van der Waals surface area contributed by atoms with Gasteiger partial charge >= 0.3 is 0 Å². The van der Waals surface area contributed by atoms with Gasteiger partial charge < -0.3 is 11.1 Å². The molecule has 3 N–H and O–H groups in total. The van der Waals surface area contributed by atoms with Crippen LogP contribution in [0.4, 0.5) is 14.5 Å². The molecule has 0 saturated heterocycles. The Morgan fingerprint density at radius 2 is 2.00 bits per heavy atom. The average molecular weight is 293 g/mol. The molecule has 0 fully saturated rings. The average Bonchev–Trinajstić information content (AvgIpc) is 2.33. The number of nitrogen functional groups attached to an aromatic ring is 1. The van der Waals surface area contributed by atoms with Gasteiger partial charge in [0.2, 0.25) is 15.9 Å². The van der Waals surface area contributed by atoms with Crippen LogP contribution in [-0.2, 0) is 14.8 Å². The van der Waals surface area contributed by atoms with Crippen molar-refractivity contribution in [3.05, 3.63) is 23.8 Å². The van der Waals surface area contributed by atoms with Gasteiger partial charge in [0.1, 0.15) is 4.90 Å². The molecule has 0 unspecified atom stereocenters. The van der Waals surface area contributed by atoms with Crippen LogP contribution in [0.25, 0.3) is 0 Å². The Morgan fingerprint density at radius 3 is 2.53 bits per heavy atom. The molecule has 1 rings (SSSR count). The Morgan fingerprint density at radius 1 is 1.42 bits per heavy atom. The first-order chi connectivity index (χ1) is 8.70. The van der Waals surface area contributed by atoms with Gasteiger partial charge in [-0.3, -0.25) is 4.79 Å². The van der Waals surface area contributed by atoms with E-state index in [-0.39, 0.29) is 5.69 Å². The van der Waals surface area contributed by atoms with Crippen molar-refractivity contribution in [1.29, 1.82) is 0 Å². The van der Waals surface area contributed by atoms with Crippen LogP contribution in [0.15, 0.2) is 17.0 Å². The number of rotatable bonds is 4. The number of anilines is 1. The summed E-state index contributed by atoms with van der Waals surface area (Å²) in [5.74, 6) is -3.49.